The molecule has 0 aliphatic carbocycles. The van der Waals surface area contributed by atoms with Crippen LogP contribution in [-0.2, 0) is 20.7 Å². The Morgan fingerprint density at radius 1 is 1.30 bits per heavy atom. The maximum atomic E-state index is 11.8. The molecule has 0 spiro atoms. The van der Waals surface area contributed by atoms with Gasteiger partial charge in [-0.15, -0.1) is 0 Å². The number of nitrogens with one attached hydrogen (secondary N) is 1. The molecule has 6 nitrogen and oxygen atoms in total. The van der Waals surface area contributed by atoms with E-state index in [1.54, 1.807) is 24.3 Å². The van der Waals surface area contributed by atoms with Gasteiger partial charge >= 0.3 is 5.97 Å². The van der Waals surface area contributed by atoms with Crippen LogP contribution < -0.4 is 10.1 Å². The highest BCUT2D eigenvalue weighted by Gasteiger charge is 2.19. The summed E-state index contributed by atoms with van der Waals surface area (Å²) in [4.78, 5) is 22.6. The number of carbonyl (C=O) groups excluding carboxylic acids is 1. The van der Waals surface area contributed by atoms with Crippen molar-refractivity contribution in [3.8, 4) is 5.75 Å². The number of hydrogen-bond donors (Lipinski definition) is 2. The third kappa shape index (κ3) is 5.27. The molecule has 2 N–H and O–H groups in total. The Bertz CT molecular complexity index is 443. The normalized spacial score (nSPS) is 11.7. The average Bonchev–Trinajstić information content (AvgIpc) is 2.40. The molecule has 0 bridgehead atoms. The molecular weight excluding hydrogens is 262 g/mol. The zero-order valence-corrected chi connectivity index (χ0v) is 11.6. The predicted octanol–water partition coefficient (Wildman–Crippen LogP) is 0.844. The van der Waals surface area contributed by atoms with E-state index in [0.717, 1.165) is 11.3 Å². The summed E-state index contributed by atoms with van der Waals surface area (Å²) in [7, 11) is 1.38. The Morgan fingerprint density at radius 3 is 2.45 bits per heavy atom. The minimum atomic E-state index is -1.12. The molecule has 6 heteroatoms. The zero-order chi connectivity index (χ0) is 15.0. The van der Waals surface area contributed by atoms with Gasteiger partial charge in [0.25, 0.3) is 0 Å². The van der Waals surface area contributed by atoms with Crippen molar-refractivity contribution in [1.82, 2.24) is 5.32 Å². The fraction of sp³-hybridized carbons (Fsp3) is 0.429. The van der Waals surface area contributed by atoms with Crippen LogP contribution in [0.15, 0.2) is 24.3 Å². The number of aliphatic carboxylic acids is 1. The summed E-state index contributed by atoms with van der Waals surface area (Å²) in [5.41, 5.74) is 0.785. The SMILES string of the molecule is CCOc1ccc(CC(=O)NC(COC)C(=O)O)cc1. The number of carbonyl (C=O) groups is 2. The van der Waals surface area contributed by atoms with Gasteiger partial charge in [0.05, 0.1) is 19.6 Å². The van der Waals surface area contributed by atoms with Crippen molar-refractivity contribution in [3.63, 3.8) is 0 Å². The molecule has 110 valence electrons. The van der Waals surface area contributed by atoms with Crippen molar-refractivity contribution in [3.05, 3.63) is 29.8 Å². The first-order valence-corrected chi connectivity index (χ1v) is 6.29. The van der Waals surface area contributed by atoms with E-state index >= 15 is 0 Å². The highest BCUT2D eigenvalue weighted by atomic mass is 16.5. The first-order chi connectivity index (χ1) is 9.56. The molecule has 1 amide bonds. The number of rotatable bonds is 8. The van der Waals surface area contributed by atoms with Gasteiger partial charge in [-0.3, -0.25) is 4.79 Å². The van der Waals surface area contributed by atoms with Crippen molar-refractivity contribution >= 4 is 11.9 Å². The number of amides is 1. The quantitative estimate of drug-likeness (QED) is 0.737. The molecule has 1 unspecified atom stereocenters. The summed E-state index contributed by atoms with van der Waals surface area (Å²) in [6, 6.07) is 6.06. The van der Waals surface area contributed by atoms with Gasteiger partial charge in [0.1, 0.15) is 5.75 Å². The van der Waals surface area contributed by atoms with Crippen LogP contribution in [0.4, 0.5) is 0 Å². The topological polar surface area (TPSA) is 84.9 Å². The number of ether oxygens (including phenoxy) is 2. The standard InChI is InChI=1S/C14H19NO5/c1-3-20-11-6-4-10(5-7-11)8-13(16)15-12(9-19-2)14(17)18/h4-7,12H,3,8-9H2,1-2H3,(H,15,16)(H,17,18). The molecule has 0 aliphatic heterocycles. The lowest BCUT2D eigenvalue weighted by molar-refractivity contribution is -0.143. The average molecular weight is 281 g/mol. The monoisotopic (exact) mass is 281 g/mol. The molecule has 0 radical (unpaired) electrons. The second kappa shape index (κ2) is 8.16. The van der Waals surface area contributed by atoms with E-state index < -0.39 is 12.0 Å². The minimum absolute atomic E-state index is 0.0651. The lowest BCUT2D eigenvalue weighted by Gasteiger charge is -2.13. The fourth-order valence-corrected chi connectivity index (χ4v) is 1.64. The second-order valence-electron chi connectivity index (χ2n) is 4.17. The molecule has 0 fully saturated rings. The maximum Gasteiger partial charge on any atom is 0.328 e. The third-order valence-electron chi connectivity index (χ3n) is 2.57. The Morgan fingerprint density at radius 2 is 1.95 bits per heavy atom. The third-order valence-corrected chi connectivity index (χ3v) is 2.57. The van der Waals surface area contributed by atoms with Crippen LogP contribution in [0.5, 0.6) is 5.75 Å². The largest absolute Gasteiger partial charge is 0.494 e. The Kier molecular flexibility index (Phi) is 6.52. The summed E-state index contributed by atoms with van der Waals surface area (Å²) in [5.74, 6) is -0.745. The van der Waals surface area contributed by atoms with E-state index in [4.69, 9.17) is 14.6 Å². The maximum absolute atomic E-state index is 11.8. The number of carboxylic acids is 1. The lowest BCUT2D eigenvalue weighted by Crippen LogP contribution is -2.44. The first-order valence-electron chi connectivity index (χ1n) is 6.29. The van der Waals surface area contributed by atoms with Gasteiger partial charge in [0, 0.05) is 7.11 Å². The van der Waals surface area contributed by atoms with Gasteiger partial charge in [0.2, 0.25) is 5.91 Å². The lowest BCUT2D eigenvalue weighted by atomic mass is 10.1. The fourth-order valence-electron chi connectivity index (χ4n) is 1.64. The predicted molar refractivity (Wildman–Crippen MR) is 72.8 cm³/mol. The Labute approximate surface area is 117 Å². The van der Waals surface area contributed by atoms with Crippen molar-refractivity contribution in [2.45, 2.75) is 19.4 Å². The number of hydrogen-bond acceptors (Lipinski definition) is 4. The molecule has 0 aromatic heterocycles. The summed E-state index contributed by atoms with van der Waals surface area (Å²) >= 11 is 0. The molecule has 0 saturated heterocycles. The van der Waals surface area contributed by atoms with E-state index in [-0.39, 0.29) is 18.9 Å². The van der Waals surface area contributed by atoms with Gasteiger partial charge in [-0.2, -0.15) is 0 Å². The molecule has 20 heavy (non-hydrogen) atoms. The van der Waals surface area contributed by atoms with Crippen molar-refractivity contribution in [2.75, 3.05) is 20.3 Å². The summed E-state index contributed by atoms with van der Waals surface area (Å²) in [6.45, 7) is 2.41. The van der Waals surface area contributed by atoms with Gasteiger partial charge in [0.15, 0.2) is 6.04 Å². The Hall–Kier alpha value is -2.08. The summed E-state index contributed by atoms with van der Waals surface area (Å²) in [6.07, 6.45) is 0.111. The van der Waals surface area contributed by atoms with Crippen molar-refractivity contribution in [1.29, 1.82) is 0 Å². The van der Waals surface area contributed by atoms with Crippen LogP contribution in [0.2, 0.25) is 0 Å². The van der Waals surface area contributed by atoms with Crippen LogP contribution in [-0.4, -0.2) is 43.3 Å². The molecule has 0 heterocycles. The van der Waals surface area contributed by atoms with E-state index in [2.05, 4.69) is 5.32 Å². The number of carboxylic acid groups (broad SMARTS) is 1. The van der Waals surface area contributed by atoms with E-state index in [9.17, 15) is 9.59 Å². The van der Waals surface area contributed by atoms with Gasteiger partial charge in [-0.05, 0) is 24.6 Å². The number of methoxy groups -OCH3 is 1. The molecule has 1 aromatic rings. The molecule has 1 atom stereocenters. The molecule has 1 rings (SSSR count). The van der Waals surface area contributed by atoms with Crippen molar-refractivity contribution in [2.24, 2.45) is 0 Å². The van der Waals surface area contributed by atoms with E-state index in [0.29, 0.717) is 6.61 Å². The second-order valence-corrected chi connectivity index (χ2v) is 4.17. The highest BCUT2D eigenvalue weighted by molar-refractivity contribution is 5.84. The van der Waals surface area contributed by atoms with Crippen LogP contribution in [0.1, 0.15) is 12.5 Å². The van der Waals surface area contributed by atoms with Gasteiger partial charge in [-0.1, -0.05) is 12.1 Å². The van der Waals surface area contributed by atoms with Gasteiger partial charge < -0.3 is 19.9 Å². The molecule has 0 aliphatic rings. The van der Waals surface area contributed by atoms with E-state index in [1.165, 1.54) is 7.11 Å². The minimum Gasteiger partial charge on any atom is -0.494 e. The van der Waals surface area contributed by atoms with E-state index in [1.807, 2.05) is 6.92 Å². The van der Waals surface area contributed by atoms with Gasteiger partial charge in [-0.25, -0.2) is 4.79 Å². The number of benzene rings is 1. The summed E-state index contributed by atoms with van der Waals surface area (Å²) < 4.78 is 10.0. The molecule has 1 aromatic carbocycles. The van der Waals surface area contributed by atoms with Crippen molar-refractivity contribution < 1.29 is 24.2 Å². The molecular formula is C14H19NO5. The van der Waals surface area contributed by atoms with Crippen LogP contribution in [0.25, 0.3) is 0 Å². The summed E-state index contributed by atoms with van der Waals surface area (Å²) in [5, 5.41) is 11.3. The zero-order valence-electron chi connectivity index (χ0n) is 11.6. The smallest absolute Gasteiger partial charge is 0.328 e. The first kappa shape index (κ1) is 16.0. The highest BCUT2D eigenvalue weighted by Crippen LogP contribution is 2.12. The van der Waals surface area contributed by atoms with Crippen LogP contribution >= 0.6 is 0 Å². The molecule has 0 saturated carbocycles. The van der Waals surface area contributed by atoms with Crippen LogP contribution in [0, 0.1) is 0 Å². The Balaban J connectivity index is 2.54. The van der Waals surface area contributed by atoms with Crippen LogP contribution in [0.3, 0.4) is 0 Å².